The largest absolute Gasteiger partial charge is 0.480 e. The maximum absolute atomic E-state index is 15.3. The normalized spacial score (nSPS) is 16.1. The standard InChI is InChI=1S/C27H32FN3O6/c1-2-8-29(16-25(33)34)14-19(32)11-17-4-3-9-30(10-7-17)24-13-23-20(12-22(24)28)26(35)21(27(36)37)15-31(23)18-5-6-18/h4,12-13,15,18H,2-3,5-11,14,16H2,1H3,(H,33,34)(H,36,37). The maximum atomic E-state index is 15.3. The highest BCUT2D eigenvalue weighted by Gasteiger charge is 2.28. The second-order valence-electron chi connectivity index (χ2n) is 9.84. The van der Waals surface area contributed by atoms with Crippen molar-refractivity contribution in [3.63, 3.8) is 0 Å². The van der Waals surface area contributed by atoms with Crippen molar-refractivity contribution in [2.24, 2.45) is 0 Å². The van der Waals surface area contributed by atoms with E-state index in [-0.39, 0.29) is 42.3 Å². The van der Waals surface area contributed by atoms with Gasteiger partial charge in [0, 0.05) is 37.1 Å². The highest BCUT2D eigenvalue weighted by molar-refractivity contribution is 5.93. The van der Waals surface area contributed by atoms with Crippen LogP contribution in [0.2, 0.25) is 0 Å². The van der Waals surface area contributed by atoms with Crippen LogP contribution in [0, 0.1) is 5.82 Å². The van der Waals surface area contributed by atoms with Crippen molar-refractivity contribution in [3.05, 3.63) is 51.6 Å². The number of Topliss-reactive ketones (excluding diaryl/α,β-unsaturated/α-hetero) is 1. The topological polar surface area (TPSA) is 120 Å². The van der Waals surface area contributed by atoms with Crippen LogP contribution in [0.25, 0.3) is 10.9 Å². The number of aromatic nitrogens is 1. The summed E-state index contributed by atoms with van der Waals surface area (Å²) >= 11 is 0. The van der Waals surface area contributed by atoms with Crippen LogP contribution in [0.5, 0.6) is 0 Å². The van der Waals surface area contributed by atoms with E-state index < -0.39 is 23.2 Å². The van der Waals surface area contributed by atoms with Crippen LogP contribution < -0.4 is 10.3 Å². The highest BCUT2D eigenvalue weighted by atomic mass is 19.1. The van der Waals surface area contributed by atoms with E-state index in [4.69, 9.17) is 5.11 Å². The quantitative estimate of drug-likeness (QED) is 0.439. The number of carbonyl (C=O) groups excluding carboxylic acids is 1. The van der Waals surface area contributed by atoms with E-state index in [1.54, 1.807) is 15.5 Å². The molecular weight excluding hydrogens is 481 g/mol. The number of nitrogens with zero attached hydrogens (tertiary/aromatic N) is 3. The number of aromatic carboxylic acids is 1. The van der Waals surface area contributed by atoms with Gasteiger partial charge in [-0.15, -0.1) is 0 Å². The molecule has 1 fully saturated rings. The minimum Gasteiger partial charge on any atom is -0.480 e. The SMILES string of the molecule is CCCN(CC(=O)O)CC(=O)CC1=CCCN(c2cc3c(cc2F)c(=O)c(C(=O)O)cn3C2CC2)CC1. The Hall–Kier alpha value is -3.53. The van der Waals surface area contributed by atoms with Crippen LogP contribution in [-0.2, 0) is 9.59 Å². The van der Waals surface area contributed by atoms with Gasteiger partial charge in [-0.1, -0.05) is 18.6 Å². The maximum Gasteiger partial charge on any atom is 0.341 e. The molecule has 9 nitrogen and oxygen atoms in total. The molecule has 0 amide bonds. The number of fused-ring (bicyclic) bond motifs is 1. The third kappa shape index (κ3) is 6.25. The first kappa shape index (κ1) is 26.5. The van der Waals surface area contributed by atoms with Gasteiger partial charge in [0.2, 0.25) is 5.43 Å². The number of hydrogen-bond acceptors (Lipinski definition) is 6. The molecule has 1 saturated carbocycles. The Kier molecular flexibility index (Phi) is 8.06. The van der Waals surface area contributed by atoms with Crippen LogP contribution in [0.3, 0.4) is 0 Å². The van der Waals surface area contributed by atoms with Crippen molar-refractivity contribution in [2.45, 2.75) is 51.5 Å². The van der Waals surface area contributed by atoms with Crippen molar-refractivity contribution in [1.82, 2.24) is 9.47 Å². The van der Waals surface area contributed by atoms with Gasteiger partial charge >= 0.3 is 11.9 Å². The molecule has 2 aromatic rings. The predicted octanol–water partition coefficient (Wildman–Crippen LogP) is 3.46. The molecule has 0 radical (unpaired) electrons. The number of ketones is 1. The smallest absolute Gasteiger partial charge is 0.341 e. The molecule has 0 spiro atoms. The number of carboxylic acids is 2. The lowest BCUT2D eigenvalue weighted by atomic mass is 10.0. The van der Waals surface area contributed by atoms with Crippen molar-refractivity contribution >= 4 is 34.3 Å². The second kappa shape index (κ2) is 11.2. The molecule has 2 aliphatic rings. The number of anilines is 1. The monoisotopic (exact) mass is 513 g/mol. The molecule has 37 heavy (non-hydrogen) atoms. The molecule has 0 bridgehead atoms. The van der Waals surface area contributed by atoms with Gasteiger partial charge in [-0.2, -0.15) is 0 Å². The zero-order valence-corrected chi connectivity index (χ0v) is 20.9. The lowest BCUT2D eigenvalue weighted by molar-refractivity contribution is -0.138. The van der Waals surface area contributed by atoms with Crippen molar-refractivity contribution in [3.8, 4) is 0 Å². The number of halogens is 1. The van der Waals surface area contributed by atoms with Crippen LogP contribution in [0.4, 0.5) is 10.1 Å². The molecule has 0 saturated heterocycles. The summed E-state index contributed by atoms with van der Waals surface area (Å²) in [6.45, 7) is 3.39. The first-order valence-corrected chi connectivity index (χ1v) is 12.7. The Morgan fingerprint density at radius 3 is 2.54 bits per heavy atom. The minimum atomic E-state index is -1.33. The predicted molar refractivity (Wildman–Crippen MR) is 137 cm³/mol. The first-order chi connectivity index (χ1) is 17.7. The summed E-state index contributed by atoms with van der Waals surface area (Å²) in [5.41, 5.74) is 0.766. The lowest BCUT2D eigenvalue weighted by Gasteiger charge is -2.25. The Morgan fingerprint density at radius 2 is 1.89 bits per heavy atom. The van der Waals surface area contributed by atoms with Crippen LogP contribution in [0.1, 0.15) is 61.8 Å². The Balaban J connectivity index is 1.50. The second-order valence-corrected chi connectivity index (χ2v) is 9.84. The molecule has 4 rings (SSSR count). The summed E-state index contributed by atoms with van der Waals surface area (Å²) in [7, 11) is 0. The van der Waals surface area contributed by atoms with Crippen molar-refractivity contribution in [1.29, 1.82) is 0 Å². The number of hydrogen-bond donors (Lipinski definition) is 2. The van der Waals surface area contributed by atoms with Crippen LogP contribution >= 0.6 is 0 Å². The van der Waals surface area contributed by atoms with Crippen molar-refractivity contribution < 1.29 is 29.0 Å². The Morgan fingerprint density at radius 1 is 1.14 bits per heavy atom. The Bertz CT molecular complexity index is 1310. The third-order valence-corrected chi connectivity index (χ3v) is 6.87. The average Bonchev–Trinajstić information content (AvgIpc) is 3.67. The number of carbonyl (C=O) groups is 3. The van der Waals surface area contributed by atoms with Gasteiger partial charge in [0.1, 0.15) is 11.4 Å². The number of carboxylic acid groups (broad SMARTS) is 2. The Labute approximate surface area is 213 Å². The van der Waals surface area contributed by atoms with Crippen LogP contribution in [-0.4, -0.2) is 70.1 Å². The molecule has 1 aliphatic heterocycles. The van der Waals surface area contributed by atoms with E-state index in [2.05, 4.69) is 0 Å². The highest BCUT2D eigenvalue weighted by Crippen LogP contribution is 2.38. The molecule has 2 N–H and O–H groups in total. The molecule has 1 aliphatic carbocycles. The summed E-state index contributed by atoms with van der Waals surface area (Å²) in [4.78, 5) is 51.5. The molecule has 10 heteroatoms. The fourth-order valence-electron chi connectivity index (χ4n) is 5.01. The van der Waals surface area contributed by atoms with Gasteiger partial charge in [-0.3, -0.25) is 19.3 Å². The van der Waals surface area contributed by atoms with E-state index in [1.807, 2.05) is 17.9 Å². The molecular formula is C27H32FN3O6. The number of rotatable bonds is 11. The number of benzene rings is 1. The molecule has 198 valence electrons. The molecule has 0 unspecified atom stereocenters. The fourth-order valence-corrected chi connectivity index (χ4v) is 5.01. The fraction of sp³-hybridized carbons (Fsp3) is 0.481. The van der Waals surface area contributed by atoms with Gasteiger partial charge in [-0.25, -0.2) is 9.18 Å². The molecule has 1 aromatic carbocycles. The zero-order valence-electron chi connectivity index (χ0n) is 20.9. The number of aliphatic carboxylic acids is 1. The summed E-state index contributed by atoms with van der Waals surface area (Å²) < 4.78 is 17.0. The van der Waals surface area contributed by atoms with Gasteiger partial charge in [-0.05, 0) is 50.8 Å². The van der Waals surface area contributed by atoms with Gasteiger partial charge in [0.05, 0.1) is 24.3 Å². The van der Waals surface area contributed by atoms with Gasteiger partial charge < -0.3 is 19.7 Å². The summed E-state index contributed by atoms with van der Waals surface area (Å²) in [5.74, 6) is -2.92. The number of pyridine rings is 1. The van der Waals surface area contributed by atoms with E-state index in [0.29, 0.717) is 43.7 Å². The van der Waals surface area contributed by atoms with E-state index >= 15 is 4.39 Å². The van der Waals surface area contributed by atoms with E-state index in [9.17, 15) is 24.3 Å². The van der Waals surface area contributed by atoms with Crippen LogP contribution in [0.15, 0.2) is 34.8 Å². The summed E-state index contributed by atoms with van der Waals surface area (Å²) in [5, 5.41) is 18.6. The average molecular weight is 514 g/mol. The van der Waals surface area contributed by atoms with Gasteiger partial charge in [0.15, 0.2) is 5.78 Å². The molecule has 0 atom stereocenters. The lowest BCUT2D eigenvalue weighted by Crippen LogP contribution is -2.35. The summed E-state index contributed by atoms with van der Waals surface area (Å²) in [6, 6.07) is 2.88. The van der Waals surface area contributed by atoms with E-state index in [0.717, 1.165) is 30.9 Å². The van der Waals surface area contributed by atoms with Crippen molar-refractivity contribution in [2.75, 3.05) is 37.6 Å². The minimum absolute atomic E-state index is 0.0472. The summed E-state index contributed by atoms with van der Waals surface area (Å²) in [6.07, 6.45) is 7.26. The third-order valence-electron chi connectivity index (χ3n) is 6.87. The van der Waals surface area contributed by atoms with E-state index in [1.165, 1.54) is 6.20 Å². The van der Waals surface area contributed by atoms with Gasteiger partial charge in [0.25, 0.3) is 0 Å². The molecule has 1 aromatic heterocycles. The first-order valence-electron chi connectivity index (χ1n) is 12.7. The molecule has 2 heterocycles. The zero-order chi connectivity index (χ0) is 26.7.